The molecule has 1 aliphatic heterocycles. The molecular formula is C21H17ClF5N3O4. The lowest BCUT2D eigenvalue weighted by Crippen LogP contribution is -2.50. The number of halogens is 6. The Morgan fingerprint density at radius 3 is 2.59 bits per heavy atom. The van der Waals surface area contributed by atoms with E-state index in [4.69, 9.17) is 15.7 Å². The second-order valence-corrected chi connectivity index (χ2v) is 8.19. The van der Waals surface area contributed by atoms with E-state index >= 15 is 0 Å². The molecule has 1 aromatic heterocycles. The standard InChI is InChI=1S/C21H17ClF5N3O4/c1-29(14-6-10(22)11(23)7-12(14)24)19(33)16-17(31)18(32)20(34)30(16)15-5-9(21(25,26)27)8-3-2-4-13(8)28-15/h5-7,16-18,31-32H,2-4H2,1H3/t16-,17-,18-/m0/s1/i1D3. The highest BCUT2D eigenvalue weighted by atomic mass is 35.5. The second-order valence-electron chi connectivity index (χ2n) is 7.78. The Morgan fingerprint density at radius 1 is 1.24 bits per heavy atom. The molecule has 2 aliphatic rings. The molecule has 1 fully saturated rings. The fourth-order valence-electron chi connectivity index (χ4n) is 4.10. The van der Waals surface area contributed by atoms with Crippen LogP contribution in [0.2, 0.25) is 5.02 Å². The van der Waals surface area contributed by atoms with Crippen LogP contribution in [0.4, 0.5) is 33.5 Å². The first-order chi connectivity index (χ1) is 17.0. The number of carbonyl (C=O) groups excluding carboxylic acids is 2. The number of carbonyl (C=O) groups is 2. The average molecular weight is 509 g/mol. The number of benzene rings is 1. The zero-order valence-corrected chi connectivity index (χ0v) is 17.7. The van der Waals surface area contributed by atoms with Crippen molar-refractivity contribution in [1.29, 1.82) is 0 Å². The largest absolute Gasteiger partial charge is 0.416 e. The predicted octanol–water partition coefficient (Wildman–Crippen LogP) is 2.62. The number of amides is 2. The van der Waals surface area contributed by atoms with E-state index in [1.165, 1.54) is 0 Å². The van der Waals surface area contributed by atoms with E-state index in [0.717, 1.165) is 0 Å². The molecule has 2 aromatic rings. The predicted molar refractivity (Wildman–Crippen MR) is 109 cm³/mol. The van der Waals surface area contributed by atoms with Gasteiger partial charge in [-0.3, -0.25) is 14.5 Å². The lowest BCUT2D eigenvalue weighted by Gasteiger charge is -2.29. The van der Waals surface area contributed by atoms with Crippen molar-refractivity contribution >= 4 is 34.9 Å². The Kier molecular flexibility index (Phi) is 5.09. The number of alkyl halides is 3. The number of aliphatic hydroxyl groups excluding tert-OH is 2. The Balaban J connectivity index is 1.88. The van der Waals surface area contributed by atoms with Crippen LogP contribution in [0.25, 0.3) is 0 Å². The zero-order valence-electron chi connectivity index (χ0n) is 19.9. The maximum absolute atomic E-state index is 14.6. The fourth-order valence-corrected chi connectivity index (χ4v) is 4.26. The summed E-state index contributed by atoms with van der Waals surface area (Å²) in [7, 11) is 0. The molecule has 0 saturated carbocycles. The number of rotatable bonds is 3. The maximum atomic E-state index is 14.6. The molecule has 0 radical (unpaired) electrons. The lowest BCUT2D eigenvalue weighted by molar-refractivity contribution is -0.138. The van der Waals surface area contributed by atoms with E-state index in [0.29, 0.717) is 18.6 Å². The molecule has 182 valence electrons. The van der Waals surface area contributed by atoms with Crippen LogP contribution in [0.5, 0.6) is 0 Å². The third-order valence-corrected chi connectivity index (χ3v) is 6.00. The molecule has 0 spiro atoms. The topological polar surface area (TPSA) is 94.0 Å². The summed E-state index contributed by atoms with van der Waals surface area (Å²) in [6, 6.07) is -1.19. The van der Waals surface area contributed by atoms with Gasteiger partial charge in [-0.1, -0.05) is 11.6 Å². The molecule has 3 atom stereocenters. The monoisotopic (exact) mass is 508 g/mol. The van der Waals surface area contributed by atoms with Gasteiger partial charge in [-0.05, 0) is 37.0 Å². The Hall–Kier alpha value is -2.83. The van der Waals surface area contributed by atoms with Crippen LogP contribution < -0.4 is 9.80 Å². The van der Waals surface area contributed by atoms with Gasteiger partial charge in [0.2, 0.25) is 0 Å². The molecule has 0 unspecified atom stereocenters. The Labute approximate surface area is 198 Å². The normalized spacial score (nSPS) is 24.0. The van der Waals surface area contributed by atoms with Crippen molar-refractivity contribution in [3.05, 3.63) is 51.7 Å². The highest BCUT2D eigenvalue weighted by Crippen LogP contribution is 2.40. The Morgan fingerprint density at radius 2 is 1.94 bits per heavy atom. The highest BCUT2D eigenvalue weighted by molar-refractivity contribution is 6.31. The van der Waals surface area contributed by atoms with Crippen LogP contribution >= 0.6 is 11.6 Å². The number of likely N-dealkylation sites (N-methyl/N-ethyl adjacent to an activating group) is 1. The van der Waals surface area contributed by atoms with Crippen molar-refractivity contribution in [2.45, 2.75) is 43.7 Å². The molecule has 7 nitrogen and oxygen atoms in total. The zero-order chi connectivity index (χ0) is 27.6. The minimum Gasteiger partial charge on any atom is -0.387 e. The van der Waals surface area contributed by atoms with Crippen molar-refractivity contribution in [3.8, 4) is 0 Å². The summed E-state index contributed by atoms with van der Waals surface area (Å²) >= 11 is 5.62. The average Bonchev–Trinajstić information content (AvgIpc) is 3.33. The summed E-state index contributed by atoms with van der Waals surface area (Å²) in [5, 5.41) is 19.9. The van der Waals surface area contributed by atoms with E-state index in [-0.39, 0.29) is 40.0 Å². The highest BCUT2D eigenvalue weighted by Gasteiger charge is 2.53. The molecule has 0 bridgehead atoms. The number of aromatic nitrogens is 1. The number of hydrogen-bond acceptors (Lipinski definition) is 5. The van der Waals surface area contributed by atoms with Gasteiger partial charge < -0.3 is 15.1 Å². The van der Waals surface area contributed by atoms with Gasteiger partial charge in [0.15, 0.2) is 6.10 Å². The van der Waals surface area contributed by atoms with Gasteiger partial charge in [0.1, 0.15) is 29.6 Å². The van der Waals surface area contributed by atoms with Crippen LogP contribution in [-0.4, -0.2) is 52.2 Å². The summed E-state index contributed by atoms with van der Waals surface area (Å²) in [6.45, 7) is -3.51. The minimum atomic E-state index is -4.88. The molecule has 2 amide bonds. The molecule has 1 aliphatic carbocycles. The van der Waals surface area contributed by atoms with Crippen LogP contribution in [-0.2, 0) is 28.6 Å². The van der Waals surface area contributed by atoms with Crippen LogP contribution in [0.1, 0.15) is 27.4 Å². The van der Waals surface area contributed by atoms with E-state index in [2.05, 4.69) is 4.98 Å². The van der Waals surface area contributed by atoms with Crippen LogP contribution in [0, 0.1) is 11.6 Å². The van der Waals surface area contributed by atoms with Gasteiger partial charge in [0.05, 0.1) is 16.3 Å². The summed E-state index contributed by atoms with van der Waals surface area (Å²) < 4.78 is 92.7. The van der Waals surface area contributed by atoms with Crippen molar-refractivity contribution in [1.82, 2.24) is 4.98 Å². The lowest BCUT2D eigenvalue weighted by atomic mass is 10.1. The van der Waals surface area contributed by atoms with E-state index in [9.17, 15) is 41.8 Å². The minimum absolute atomic E-state index is 0.0243. The smallest absolute Gasteiger partial charge is 0.387 e. The number of fused-ring (bicyclic) bond motifs is 1. The molecule has 2 N–H and O–H groups in total. The molecule has 2 heterocycles. The molecule has 34 heavy (non-hydrogen) atoms. The second kappa shape index (κ2) is 8.43. The molecule has 1 aromatic carbocycles. The van der Waals surface area contributed by atoms with Gasteiger partial charge in [0, 0.05) is 22.8 Å². The van der Waals surface area contributed by atoms with Crippen LogP contribution in [0.3, 0.4) is 0 Å². The number of hydrogen-bond donors (Lipinski definition) is 2. The number of aryl methyl sites for hydroxylation is 1. The molecule has 1 saturated heterocycles. The quantitative estimate of drug-likeness (QED) is 0.491. The van der Waals surface area contributed by atoms with Crippen molar-refractivity contribution in [3.63, 3.8) is 0 Å². The summed E-state index contributed by atoms with van der Waals surface area (Å²) in [4.78, 5) is 30.4. The van der Waals surface area contributed by atoms with Crippen LogP contribution in [0.15, 0.2) is 18.2 Å². The molecule has 4 rings (SSSR count). The first-order valence-electron chi connectivity index (χ1n) is 11.3. The van der Waals surface area contributed by atoms with Gasteiger partial charge >= 0.3 is 6.18 Å². The number of nitrogens with zero attached hydrogens (tertiary/aromatic N) is 3. The summed E-state index contributed by atoms with van der Waals surface area (Å²) in [5.74, 6) is -6.75. The third kappa shape index (κ3) is 3.89. The van der Waals surface area contributed by atoms with E-state index < -0.39 is 76.9 Å². The third-order valence-electron chi connectivity index (χ3n) is 5.71. The van der Waals surface area contributed by atoms with Gasteiger partial charge in [0.25, 0.3) is 11.8 Å². The number of anilines is 2. The van der Waals surface area contributed by atoms with Gasteiger partial charge in [-0.2, -0.15) is 13.2 Å². The number of pyridine rings is 1. The van der Waals surface area contributed by atoms with Crippen molar-refractivity contribution in [2.24, 2.45) is 0 Å². The SMILES string of the molecule is [2H]C([2H])([2H])N(C(=O)[C@@H]1[C@H](O)[C@H](O)C(=O)N1c1cc(C(F)(F)F)c2c(n1)CCC2)c1cc(Cl)c(F)cc1F. The maximum Gasteiger partial charge on any atom is 0.416 e. The molecule has 13 heteroatoms. The fraction of sp³-hybridized carbons (Fsp3) is 0.381. The number of aliphatic hydroxyl groups is 2. The van der Waals surface area contributed by atoms with E-state index in [1.54, 1.807) is 0 Å². The first-order valence-corrected chi connectivity index (χ1v) is 10.2. The summed E-state index contributed by atoms with van der Waals surface area (Å²) in [6.07, 6.45) is -9.08. The van der Waals surface area contributed by atoms with E-state index in [1.807, 2.05) is 0 Å². The summed E-state index contributed by atoms with van der Waals surface area (Å²) in [5.41, 5.74) is -2.35. The van der Waals surface area contributed by atoms with Gasteiger partial charge in [-0.25, -0.2) is 13.8 Å². The molecular weight excluding hydrogens is 489 g/mol. The van der Waals surface area contributed by atoms with Gasteiger partial charge in [-0.15, -0.1) is 0 Å². The van der Waals surface area contributed by atoms with Crippen molar-refractivity contribution < 1.29 is 45.9 Å². The Bertz CT molecular complexity index is 1290. The first kappa shape index (κ1) is 20.5. The van der Waals surface area contributed by atoms with Crippen molar-refractivity contribution in [2.75, 3.05) is 16.8 Å².